The maximum atomic E-state index is 12.3. The second-order valence-corrected chi connectivity index (χ2v) is 8.09. The van der Waals surface area contributed by atoms with Gasteiger partial charge in [-0.15, -0.1) is 0 Å². The molecule has 2 N–H and O–H groups in total. The first kappa shape index (κ1) is 19.4. The summed E-state index contributed by atoms with van der Waals surface area (Å²) < 4.78 is 0. The van der Waals surface area contributed by atoms with Crippen LogP contribution in [-0.4, -0.2) is 39.9 Å². The van der Waals surface area contributed by atoms with Crippen LogP contribution in [-0.2, 0) is 4.79 Å². The van der Waals surface area contributed by atoms with E-state index in [4.69, 9.17) is 0 Å². The number of hydrogen-bond donors (Lipinski definition) is 2. The van der Waals surface area contributed by atoms with Crippen LogP contribution < -0.4 is 10.9 Å². The van der Waals surface area contributed by atoms with Gasteiger partial charge in [-0.2, -0.15) is 0 Å². The Morgan fingerprint density at radius 2 is 1.93 bits per heavy atom. The lowest BCUT2D eigenvalue weighted by Crippen LogP contribution is -2.57. The van der Waals surface area contributed by atoms with E-state index in [0.29, 0.717) is 18.8 Å². The number of rotatable bonds is 6. The summed E-state index contributed by atoms with van der Waals surface area (Å²) in [6, 6.07) is 5.75. The van der Waals surface area contributed by atoms with E-state index in [-0.39, 0.29) is 17.5 Å². The molecule has 0 radical (unpaired) electrons. The smallest absolute Gasteiger partial charge is 0.271 e. The lowest BCUT2D eigenvalue weighted by molar-refractivity contribution is -0.129. The average molecular weight is 393 g/mol. The standard InChI is InChI=1S/C23H28N4O2/c28-22(8-4-7-17-5-2-1-3-6-17)27-15-20(16-27)26-21-13-19(14-25-23(21)29)18-9-11-24-12-10-18/h4,8-14,17,20,26H,1-3,5-7,15-16H2,(H,25,29)/b8-4+. The Labute approximate surface area is 171 Å². The Kier molecular flexibility index (Phi) is 6.08. The molecule has 1 amide bonds. The first-order valence-corrected chi connectivity index (χ1v) is 10.5. The third kappa shape index (κ3) is 4.94. The highest BCUT2D eigenvalue weighted by Crippen LogP contribution is 2.26. The molecule has 2 fully saturated rings. The largest absolute Gasteiger partial charge is 0.374 e. The third-order valence-corrected chi connectivity index (χ3v) is 5.92. The van der Waals surface area contributed by atoms with E-state index in [1.54, 1.807) is 24.7 Å². The van der Waals surface area contributed by atoms with Crippen LogP contribution in [0.1, 0.15) is 38.5 Å². The van der Waals surface area contributed by atoms with E-state index in [0.717, 1.165) is 23.5 Å². The summed E-state index contributed by atoms with van der Waals surface area (Å²) >= 11 is 0. The number of aromatic nitrogens is 2. The third-order valence-electron chi connectivity index (χ3n) is 5.92. The number of pyridine rings is 2. The van der Waals surface area contributed by atoms with Crippen molar-refractivity contribution in [1.82, 2.24) is 14.9 Å². The van der Waals surface area contributed by atoms with Crippen LogP contribution in [0.15, 0.2) is 53.7 Å². The Bertz CT molecular complexity index is 910. The highest BCUT2D eigenvalue weighted by atomic mass is 16.2. The van der Waals surface area contributed by atoms with Crippen molar-refractivity contribution in [2.24, 2.45) is 5.92 Å². The number of nitrogens with one attached hydrogen (secondary N) is 2. The van der Waals surface area contributed by atoms with Crippen LogP contribution >= 0.6 is 0 Å². The maximum Gasteiger partial charge on any atom is 0.271 e. The van der Waals surface area contributed by atoms with Gasteiger partial charge in [-0.25, -0.2) is 0 Å². The molecule has 29 heavy (non-hydrogen) atoms. The minimum Gasteiger partial charge on any atom is -0.374 e. The number of nitrogens with zero attached hydrogens (tertiary/aromatic N) is 2. The predicted octanol–water partition coefficient (Wildman–Crippen LogP) is 3.59. The number of carbonyl (C=O) groups is 1. The number of H-pyrrole nitrogens is 1. The van der Waals surface area contributed by atoms with Crippen molar-refractivity contribution in [1.29, 1.82) is 0 Å². The second kappa shape index (κ2) is 9.07. The van der Waals surface area contributed by atoms with Gasteiger partial charge < -0.3 is 15.2 Å². The molecular formula is C23H28N4O2. The fourth-order valence-electron chi connectivity index (χ4n) is 4.16. The molecule has 1 saturated carbocycles. The monoisotopic (exact) mass is 392 g/mol. The van der Waals surface area contributed by atoms with Crippen LogP contribution in [0.4, 0.5) is 5.69 Å². The van der Waals surface area contributed by atoms with E-state index in [2.05, 4.69) is 15.3 Å². The van der Waals surface area contributed by atoms with E-state index >= 15 is 0 Å². The van der Waals surface area contributed by atoms with E-state index < -0.39 is 0 Å². The van der Waals surface area contributed by atoms with Crippen molar-refractivity contribution >= 4 is 11.6 Å². The van der Waals surface area contributed by atoms with Crippen LogP contribution in [0.3, 0.4) is 0 Å². The van der Waals surface area contributed by atoms with Gasteiger partial charge in [-0.3, -0.25) is 14.6 Å². The van der Waals surface area contributed by atoms with Crippen LogP contribution in [0, 0.1) is 5.92 Å². The lowest BCUT2D eigenvalue weighted by atomic mass is 9.87. The van der Waals surface area contributed by atoms with Gasteiger partial charge in [-0.1, -0.05) is 38.2 Å². The molecule has 0 aromatic carbocycles. The molecule has 1 aliphatic heterocycles. The Morgan fingerprint density at radius 3 is 2.69 bits per heavy atom. The number of allylic oxidation sites excluding steroid dienone is 1. The molecule has 6 heteroatoms. The Balaban J connectivity index is 1.28. The zero-order valence-electron chi connectivity index (χ0n) is 16.6. The summed E-state index contributed by atoms with van der Waals surface area (Å²) in [4.78, 5) is 33.1. The zero-order valence-corrected chi connectivity index (χ0v) is 16.6. The summed E-state index contributed by atoms with van der Waals surface area (Å²) in [5.41, 5.74) is 2.30. The number of amides is 1. The molecule has 2 aliphatic rings. The van der Waals surface area contributed by atoms with E-state index in [1.807, 2.05) is 29.2 Å². The van der Waals surface area contributed by atoms with Crippen molar-refractivity contribution in [3.05, 3.63) is 59.3 Å². The fourth-order valence-corrected chi connectivity index (χ4v) is 4.16. The van der Waals surface area contributed by atoms with E-state index in [9.17, 15) is 9.59 Å². The number of hydrogen-bond acceptors (Lipinski definition) is 4. The van der Waals surface area contributed by atoms with Crippen LogP contribution in [0.5, 0.6) is 0 Å². The molecule has 1 aliphatic carbocycles. The number of carbonyl (C=O) groups excluding carboxylic acids is 1. The van der Waals surface area contributed by atoms with Gasteiger partial charge in [0.05, 0.1) is 6.04 Å². The van der Waals surface area contributed by atoms with Gasteiger partial charge in [0.2, 0.25) is 5.91 Å². The minimum atomic E-state index is -0.153. The minimum absolute atomic E-state index is 0.0679. The normalized spacial score (nSPS) is 18.0. The number of aromatic amines is 1. The molecule has 2 aromatic rings. The zero-order chi connectivity index (χ0) is 20.1. The van der Waals surface area contributed by atoms with Gasteiger partial charge in [-0.05, 0) is 42.2 Å². The molecule has 4 rings (SSSR count). The molecule has 0 atom stereocenters. The fraction of sp³-hybridized carbons (Fsp3) is 0.435. The molecule has 2 aromatic heterocycles. The van der Waals surface area contributed by atoms with Crippen molar-refractivity contribution < 1.29 is 4.79 Å². The molecule has 0 unspecified atom stereocenters. The summed E-state index contributed by atoms with van der Waals surface area (Å²) in [5, 5.41) is 3.27. The molecule has 6 nitrogen and oxygen atoms in total. The van der Waals surface area contributed by atoms with Crippen molar-refractivity contribution in [2.45, 2.75) is 44.6 Å². The summed E-state index contributed by atoms with van der Waals surface area (Å²) in [6.07, 6.45) is 16.5. The van der Waals surface area contributed by atoms with Crippen molar-refractivity contribution in [3.63, 3.8) is 0 Å². The molecular weight excluding hydrogens is 364 g/mol. The topological polar surface area (TPSA) is 78.1 Å². The van der Waals surface area contributed by atoms with Crippen molar-refractivity contribution in [3.8, 4) is 11.1 Å². The molecule has 0 spiro atoms. The van der Waals surface area contributed by atoms with Crippen molar-refractivity contribution in [2.75, 3.05) is 18.4 Å². The molecule has 1 saturated heterocycles. The van der Waals surface area contributed by atoms with Gasteiger partial charge in [0.1, 0.15) is 5.69 Å². The maximum absolute atomic E-state index is 12.3. The highest BCUT2D eigenvalue weighted by molar-refractivity contribution is 5.88. The lowest BCUT2D eigenvalue weighted by Gasteiger charge is -2.39. The molecule has 152 valence electrons. The molecule has 3 heterocycles. The van der Waals surface area contributed by atoms with Gasteiger partial charge in [0.15, 0.2) is 0 Å². The highest BCUT2D eigenvalue weighted by Gasteiger charge is 2.29. The number of likely N-dealkylation sites (tertiary alicyclic amines) is 1. The van der Waals surface area contributed by atoms with Gasteiger partial charge in [0, 0.05) is 37.2 Å². The Morgan fingerprint density at radius 1 is 1.17 bits per heavy atom. The van der Waals surface area contributed by atoms with E-state index in [1.165, 1.54) is 32.1 Å². The Hall–Kier alpha value is -2.89. The summed E-state index contributed by atoms with van der Waals surface area (Å²) in [6.45, 7) is 1.23. The van der Waals surface area contributed by atoms with Crippen LogP contribution in [0.2, 0.25) is 0 Å². The predicted molar refractivity (Wildman–Crippen MR) is 115 cm³/mol. The molecule has 0 bridgehead atoms. The number of anilines is 1. The van der Waals surface area contributed by atoms with Crippen LogP contribution in [0.25, 0.3) is 11.1 Å². The SMILES string of the molecule is O=C(/C=C/CC1CCCCC1)N1CC(Nc2cc(-c3ccncc3)c[nH]c2=O)C1. The summed E-state index contributed by atoms with van der Waals surface area (Å²) in [5.74, 6) is 0.816. The second-order valence-electron chi connectivity index (χ2n) is 8.09. The van der Waals surface area contributed by atoms with Gasteiger partial charge in [0.25, 0.3) is 5.56 Å². The quantitative estimate of drug-likeness (QED) is 0.737. The first-order chi connectivity index (χ1) is 14.2. The summed E-state index contributed by atoms with van der Waals surface area (Å²) in [7, 11) is 0. The first-order valence-electron chi connectivity index (χ1n) is 10.5. The average Bonchev–Trinajstić information content (AvgIpc) is 2.73. The van der Waals surface area contributed by atoms with Gasteiger partial charge >= 0.3 is 0 Å².